The van der Waals surface area contributed by atoms with Crippen LogP contribution in [0.1, 0.15) is 5.56 Å². The Balaban J connectivity index is 0.000000437. The number of ether oxygens (including phenoxy) is 1. The fraction of sp³-hybridized carbons (Fsp3) is 0.111. The molecule has 0 bridgehead atoms. The molecule has 1 rings (SSSR count). The molecule has 0 N–H and O–H groups in total. The quantitative estimate of drug-likeness (QED) is 0.801. The van der Waals surface area contributed by atoms with Gasteiger partial charge in [0.1, 0.15) is 5.75 Å². The highest BCUT2D eigenvalue weighted by Gasteiger charge is 2.02. The minimum absolute atomic E-state index is 0.163. The minimum Gasteiger partial charge on any atom is -0.435 e. The van der Waals surface area contributed by atoms with Gasteiger partial charge in [0.25, 0.3) is 0 Å². The van der Waals surface area contributed by atoms with Gasteiger partial charge in [-0.1, -0.05) is 24.8 Å². The monoisotopic (exact) mass is 304 g/mol. The molecule has 0 amide bonds. The van der Waals surface area contributed by atoms with E-state index >= 15 is 0 Å². The van der Waals surface area contributed by atoms with E-state index in [2.05, 4.69) is 32.7 Å². The van der Waals surface area contributed by atoms with Crippen molar-refractivity contribution in [1.82, 2.24) is 0 Å². The molecule has 8 heteroatoms. The topological polar surface area (TPSA) is 43.4 Å². The van der Waals surface area contributed by atoms with E-state index in [-0.39, 0.29) is 5.75 Å². The molecule has 1 aromatic carbocycles. The van der Waals surface area contributed by atoms with Crippen molar-refractivity contribution in [2.75, 3.05) is 0 Å². The molecular formula is C9H8Cl2F2O3S. The smallest absolute Gasteiger partial charge is 0.387 e. The Bertz CT molecular complexity index is 438. The molecule has 0 radical (unpaired) electrons. The number of halogens is 4. The predicted octanol–water partition coefficient (Wildman–Crippen LogP) is 3.64. The van der Waals surface area contributed by atoms with Gasteiger partial charge in [0, 0.05) is 21.4 Å². The molecule has 96 valence electrons. The van der Waals surface area contributed by atoms with Gasteiger partial charge >= 0.3 is 14.9 Å². The zero-order chi connectivity index (χ0) is 13.5. The molecule has 1 aromatic rings. The van der Waals surface area contributed by atoms with Crippen molar-refractivity contribution in [3.05, 3.63) is 36.4 Å². The molecule has 0 fully saturated rings. The van der Waals surface area contributed by atoms with Crippen LogP contribution >= 0.6 is 21.4 Å². The lowest BCUT2D eigenvalue weighted by Gasteiger charge is -2.03. The first-order chi connectivity index (χ1) is 7.72. The number of hydrogen-bond acceptors (Lipinski definition) is 3. The average Bonchev–Trinajstić information content (AvgIpc) is 2.15. The van der Waals surface area contributed by atoms with Crippen LogP contribution in [-0.2, 0) is 8.26 Å². The highest BCUT2D eigenvalue weighted by atomic mass is 36.0. The van der Waals surface area contributed by atoms with Crippen LogP contribution in [0.15, 0.2) is 30.8 Å². The Morgan fingerprint density at radius 1 is 1.24 bits per heavy atom. The van der Waals surface area contributed by atoms with Gasteiger partial charge in [-0.05, 0) is 17.7 Å². The third-order valence-corrected chi connectivity index (χ3v) is 1.34. The van der Waals surface area contributed by atoms with Crippen molar-refractivity contribution in [2.24, 2.45) is 0 Å². The van der Waals surface area contributed by atoms with Crippen molar-refractivity contribution in [1.29, 1.82) is 0 Å². The zero-order valence-corrected chi connectivity index (χ0v) is 10.6. The molecular weight excluding hydrogens is 297 g/mol. The number of rotatable bonds is 3. The van der Waals surface area contributed by atoms with E-state index in [9.17, 15) is 8.78 Å². The highest BCUT2D eigenvalue weighted by molar-refractivity contribution is 8.31. The van der Waals surface area contributed by atoms with Gasteiger partial charge in [0.15, 0.2) is 0 Å². The predicted molar refractivity (Wildman–Crippen MR) is 63.8 cm³/mol. The second kappa shape index (κ2) is 7.47. The third kappa shape index (κ3) is 11.4. The summed E-state index contributed by atoms with van der Waals surface area (Å²) < 4.78 is 45.8. The van der Waals surface area contributed by atoms with Crippen molar-refractivity contribution in [2.45, 2.75) is 6.61 Å². The third-order valence-electron chi connectivity index (χ3n) is 1.34. The van der Waals surface area contributed by atoms with Crippen molar-refractivity contribution >= 4 is 35.7 Å². The normalized spacial score (nSPS) is 10.4. The molecule has 3 nitrogen and oxygen atoms in total. The van der Waals surface area contributed by atoms with Crippen LogP contribution in [0.4, 0.5) is 8.78 Å². The maximum atomic E-state index is 11.7. The Morgan fingerprint density at radius 2 is 1.65 bits per heavy atom. The molecule has 0 aliphatic heterocycles. The summed E-state index contributed by atoms with van der Waals surface area (Å²) in [6.07, 6.45) is 1.63. The molecule has 0 atom stereocenters. The van der Waals surface area contributed by atoms with E-state index in [0.717, 1.165) is 5.56 Å². The van der Waals surface area contributed by atoms with Crippen LogP contribution in [-0.4, -0.2) is 15.0 Å². The van der Waals surface area contributed by atoms with Crippen LogP contribution in [0.3, 0.4) is 0 Å². The molecule has 0 saturated heterocycles. The molecule has 0 aliphatic rings. The standard InChI is InChI=1S/C9H8F2O.Cl2O2S/c1-2-7-3-5-8(6-4-7)12-9(10)11;1-5(2,3)4/h2-6,9H,1H2;. The van der Waals surface area contributed by atoms with E-state index in [1.54, 1.807) is 18.2 Å². The Kier molecular flexibility index (Phi) is 7.10. The van der Waals surface area contributed by atoms with Gasteiger partial charge in [0.2, 0.25) is 0 Å². The SMILES string of the molecule is C=Cc1ccc(OC(F)F)cc1.O=S(=O)(Cl)Cl. The summed E-state index contributed by atoms with van der Waals surface area (Å²) in [7, 11) is 4.81. The minimum atomic E-state index is -3.72. The van der Waals surface area contributed by atoms with Gasteiger partial charge in [-0.3, -0.25) is 0 Å². The first-order valence-electron chi connectivity index (χ1n) is 4.04. The van der Waals surface area contributed by atoms with Gasteiger partial charge in [-0.15, -0.1) is 0 Å². The Morgan fingerprint density at radius 3 is 1.94 bits per heavy atom. The van der Waals surface area contributed by atoms with E-state index in [1.807, 2.05) is 0 Å². The van der Waals surface area contributed by atoms with Gasteiger partial charge in [-0.2, -0.15) is 17.2 Å². The molecule has 0 unspecified atom stereocenters. The number of benzene rings is 1. The zero-order valence-electron chi connectivity index (χ0n) is 8.32. The lowest BCUT2D eigenvalue weighted by Crippen LogP contribution is -2.01. The first kappa shape index (κ1) is 16.1. The molecule has 17 heavy (non-hydrogen) atoms. The van der Waals surface area contributed by atoms with Gasteiger partial charge in [0.05, 0.1) is 0 Å². The van der Waals surface area contributed by atoms with E-state index < -0.39 is 14.9 Å². The second-order valence-corrected chi connectivity index (χ2v) is 6.20. The maximum Gasteiger partial charge on any atom is 0.387 e. The van der Waals surface area contributed by atoms with Crippen LogP contribution < -0.4 is 4.74 Å². The Hall–Kier alpha value is -0.850. The summed E-state index contributed by atoms with van der Waals surface area (Å²) in [6, 6.07) is 6.27. The van der Waals surface area contributed by atoms with Crippen molar-refractivity contribution in [3.8, 4) is 5.75 Å². The largest absolute Gasteiger partial charge is 0.435 e. The van der Waals surface area contributed by atoms with E-state index in [4.69, 9.17) is 8.42 Å². The first-order valence-corrected chi connectivity index (χ1v) is 7.17. The van der Waals surface area contributed by atoms with Crippen LogP contribution in [0.5, 0.6) is 5.75 Å². The molecule has 0 aliphatic carbocycles. The average molecular weight is 305 g/mol. The number of hydrogen-bond donors (Lipinski definition) is 0. The van der Waals surface area contributed by atoms with E-state index in [1.165, 1.54) is 12.1 Å². The summed E-state index contributed by atoms with van der Waals surface area (Å²) in [5.41, 5.74) is 0.872. The second-order valence-electron chi connectivity index (χ2n) is 2.53. The molecule has 0 heterocycles. The van der Waals surface area contributed by atoms with Crippen LogP contribution in [0.2, 0.25) is 0 Å². The Labute approximate surface area is 107 Å². The van der Waals surface area contributed by atoms with Crippen molar-refractivity contribution in [3.63, 3.8) is 0 Å². The van der Waals surface area contributed by atoms with Gasteiger partial charge < -0.3 is 4.74 Å². The molecule has 0 saturated carbocycles. The summed E-state index contributed by atoms with van der Waals surface area (Å²) in [5, 5.41) is 0. The van der Waals surface area contributed by atoms with Crippen molar-refractivity contribution < 1.29 is 21.9 Å². The maximum absolute atomic E-state index is 11.7. The fourth-order valence-corrected chi connectivity index (χ4v) is 0.785. The fourth-order valence-electron chi connectivity index (χ4n) is 0.785. The summed E-state index contributed by atoms with van der Waals surface area (Å²) in [4.78, 5) is 0. The lowest BCUT2D eigenvalue weighted by molar-refractivity contribution is -0.0498. The summed E-state index contributed by atoms with van der Waals surface area (Å²) >= 11 is 0. The van der Waals surface area contributed by atoms with Crippen LogP contribution in [0.25, 0.3) is 6.08 Å². The van der Waals surface area contributed by atoms with Gasteiger partial charge in [-0.25, -0.2) is 0 Å². The highest BCUT2D eigenvalue weighted by Crippen LogP contribution is 2.14. The molecule has 0 spiro atoms. The van der Waals surface area contributed by atoms with Crippen LogP contribution in [0, 0.1) is 0 Å². The summed E-state index contributed by atoms with van der Waals surface area (Å²) in [6.45, 7) is 0.768. The summed E-state index contributed by atoms with van der Waals surface area (Å²) in [5.74, 6) is 0.163. The molecule has 0 aromatic heterocycles. The number of alkyl halides is 2. The lowest BCUT2D eigenvalue weighted by atomic mass is 10.2. The van der Waals surface area contributed by atoms with E-state index in [0.29, 0.717) is 0 Å².